The summed E-state index contributed by atoms with van der Waals surface area (Å²) in [5.41, 5.74) is 12.2. The molecule has 59 heavy (non-hydrogen) atoms. The van der Waals surface area contributed by atoms with E-state index in [1.807, 2.05) is 24.3 Å². The molecule has 8 rings (SSSR count). The maximum absolute atomic E-state index is 3.60. The second kappa shape index (κ2) is 23.0. The highest BCUT2D eigenvalue weighted by Crippen LogP contribution is 2.33. The molecule has 0 amide bonds. The Labute approximate surface area is 356 Å². The van der Waals surface area contributed by atoms with E-state index in [0.29, 0.717) is 0 Å². The van der Waals surface area contributed by atoms with Gasteiger partial charge in [0, 0.05) is 5.41 Å². The number of hydrogen-bond acceptors (Lipinski definition) is 0. The van der Waals surface area contributed by atoms with Gasteiger partial charge in [-0.25, -0.2) is 0 Å². The van der Waals surface area contributed by atoms with Crippen LogP contribution >= 0.6 is 0 Å². The number of fused-ring (bicyclic) bond motifs is 2. The minimum Gasteiger partial charge on any atom is -0.103 e. The maximum atomic E-state index is 3.60. The Hall–Kier alpha value is -5.72. The molecule has 0 saturated heterocycles. The number of rotatable bonds is 10. The highest BCUT2D eigenvalue weighted by molar-refractivity contribution is 5.86. The Morgan fingerprint density at radius 1 is 0.576 bits per heavy atom. The fourth-order valence-corrected chi connectivity index (χ4v) is 7.63. The van der Waals surface area contributed by atoms with Gasteiger partial charge in [0.15, 0.2) is 0 Å². The minimum absolute atomic E-state index is 0.0222. The number of allylic oxidation sites excluding steroid dienone is 1. The van der Waals surface area contributed by atoms with Crippen LogP contribution in [-0.4, -0.2) is 0 Å². The van der Waals surface area contributed by atoms with Crippen LogP contribution < -0.4 is 10.4 Å². The second-order valence-electron chi connectivity index (χ2n) is 16.4. The third kappa shape index (κ3) is 13.1. The zero-order valence-electron chi connectivity index (χ0n) is 36.7. The van der Waals surface area contributed by atoms with Gasteiger partial charge >= 0.3 is 0 Å². The summed E-state index contributed by atoms with van der Waals surface area (Å²) in [6, 6.07) is 61.5. The summed E-state index contributed by atoms with van der Waals surface area (Å²) in [6.45, 7) is 17.0. The average molecular weight is 775 g/mol. The van der Waals surface area contributed by atoms with E-state index in [2.05, 4.69) is 206 Å². The standard InChI is InChI=1S/C35H34.C11H12.C7H8.C6H12/c1-4-8-26-15-21-32(22-16-26)35(2,3)33-23-19-29(20-24-33)28-17-13-27(14-18-28)25-31-11-7-10-30-9-5-6-12-34(30)31;1-9-5-4-7-10-6-2-3-8-11(9)10;1-7-5-3-2-4-6-7;1-3-5-6-4-2/h5-7,9-24H,4,8,25H2,1-3H3;2-3,6-8H,4-5H2,1H3;2-6H,1H3;3H,1,4-6H2,2H3. The molecule has 0 radical (unpaired) electrons. The monoisotopic (exact) mass is 775 g/mol. The summed E-state index contributed by atoms with van der Waals surface area (Å²) in [4.78, 5) is 0. The van der Waals surface area contributed by atoms with Gasteiger partial charge in [0.05, 0.1) is 0 Å². The molecule has 0 atom stereocenters. The van der Waals surface area contributed by atoms with Crippen LogP contribution in [0.5, 0.6) is 0 Å². The van der Waals surface area contributed by atoms with Crippen LogP contribution in [0.4, 0.5) is 0 Å². The van der Waals surface area contributed by atoms with E-state index in [1.165, 1.54) is 110 Å². The topological polar surface area (TPSA) is 0 Å². The van der Waals surface area contributed by atoms with Gasteiger partial charge in [-0.05, 0) is 106 Å². The van der Waals surface area contributed by atoms with E-state index in [1.54, 1.807) is 0 Å². The lowest BCUT2D eigenvalue weighted by Crippen LogP contribution is -2.27. The normalized spacial score (nSPS) is 11.7. The highest BCUT2D eigenvalue weighted by Gasteiger charge is 2.23. The van der Waals surface area contributed by atoms with Crippen molar-refractivity contribution in [3.05, 3.63) is 226 Å². The van der Waals surface area contributed by atoms with Gasteiger partial charge in [0.25, 0.3) is 0 Å². The number of hydrogen-bond donors (Lipinski definition) is 0. The van der Waals surface area contributed by atoms with E-state index in [-0.39, 0.29) is 5.41 Å². The van der Waals surface area contributed by atoms with Crippen LogP contribution in [0.15, 0.2) is 183 Å². The predicted molar refractivity (Wildman–Crippen MR) is 261 cm³/mol. The van der Waals surface area contributed by atoms with E-state index >= 15 is 0 Å². The molecule has 0 nitrogen and oxygen atoms in total. The lowest BCUT2D eigenvalue weighted by Gasteiger charge is -2.26. The minimum atomic E-state index is -0.0222. The average Bonchev–Trinajstić information content (AvgIpc) is 3.28. The summed E-state index contributed by atoms with van der Waals surface area (Å²) in [5.74, 6) is 0. The summed E-state index contributed by atoms with van der Waals surface area (Å²) < 4.78 is 0. The zero-order chi connectivity index (χ0) is 41.9. The third-order valence-corrected chi connectivity index (χ3v) is 11.4. The molecule has 0 bridgehead atoms. The molecular formula is C59H66. The molecule has 1 aliphatic carbocycles. The third-order valence-electron chi connectivity index (χ3n) is 11.4. The van der Waals surface area contributed by atoms with Crippen molar-refractivity contribution in [2.45, 2.75) is 98.3 Å². The fourth-order valence-electron chi connectivity index (χ4n) is 7.63. The fraction of sp³-hybridized carbons (Fsp3) is 0.254. The molecule has 302 valence electrons. The van der Waals surface area contributed by atoms with Crippen LogP contribution in [-0.2, 0) is 18.3 Å². The first-order chi connectivity index (χ1) is 28.7. The summed E-state index contributed by atoms with van der Waals surface area (Å²) in [5, 5.41) is 5.51. The molecule has 0 fully saturated rings. The van der Waals surface area contributed by atoms with Crippen molar-refractivity contribution >= 4 is 22.4 Å². The van der Waals surface area contributed by atoms with Crippen LogP contribution in [0.25, 0.3) is 33.5 Å². The van der Waals surface area contributed by atoms with E-state index in [9.17, 15) is 0 Å². The first kappa shape index (κ1) is 44.4. The molecule has 0 unspecified atom stereocenters. The van der Waals surface area contributed by atoms with Gasteiger partial charge in [0.1, 0.15) is 0 Å². The molecule has 0 heterocycles. The van der Waals surface area contributed by atoms with Crippen molar-refractivity contribution < 1.29 is 0 Å². The SMILES string of the molecule is C=CCCCC.CC1=c2ccccc2=CCC1.CCCc1ccc(C(C)(C)c2ccc(-c3ccc(Cc4cccc5ccccc45)cc3)cc2)cc1.Cc1ccccc1. The van der Waals surface area contributed by atoms with Gasteiger partial charge in [-0.1, -0.05) is 240 Å². The van der Waals surface area contributed by atoms with Crippen molar-refractivity contribution in [2.75, 3.05) is 0 Å². The molecule has 1 aliphatic rings. The van der Waals surface area contributed by atoms with Crippen LogP contribution in [0.3, 0.4) is 0 Å². The molecule has 7 aromatic rings. The molecule has 7 aromatic carbocycles. The van der Waals surface area contributed by atoms with Crippen molar-refractivity contribution in [3.8, 4) is 11.1 Å². The second-order valence-corrected chi connectivity index (χ2v) is 16.4. The zero-order valence-corrected chi connectivity index (χ0v) is 36.7. The molecule has 0 saturated carbocycles. The Morgan fingerprint density at radius 3 is 1.75 bits per heavy atom. The smallest absolute Gasteiger partial charge is 0.0146 e. The number of benzene rings is 7. The highest BCUT2D eigenvalue weighted by atomic mass is 14.3. The van der Waals surface area contributed by atoms with Gasteiger partial charge in [-0.2, -0.15) is 0 Å². The van der Waals surface area contributed by atoms with Gasteiger partial charge in [-0.3, -0.25) is 0 Å². The van der Waals surface area contributed by atoms with Crippen molar-refractivity contribution in [3.63, 3.8) is 0 Å². The molecular weight excluding hydrogens is 709 g/mol. The number of unbranched alkanes of at least 4 members (excludes halogenated alkanes) is 2. The van der Waals surface area contributed by atoms with Crippen LogP contribution in [0.1, 0.15) is 107 Å². The Morgan fingerprint density at radius 2 is 1.15 bits per heavy atom. The summed E-state index contributed by atoms with van der Waals surface area (Å²) in [7, 11) is 0. The summed E-state index contributed by atoms with van der Waals surface area (Å²) in [6.07, 6.45) is 13.8. The van der Waals surface area contributed by atoms with Crippen LogP contribution in [0, 0.1) is 6.92 Å². The van der Waals surface area contributed by atoms with E-state index < -0.39 is 0 Å². The number of aryl methyl sites for hydroxylation is 2. The summed E-state index contributed by atoms with van der Waals surface area (Å²) >= 11 is 0. The van der Waals surface area contributed by atoms with E-state index in [0.717, 1.165) is 12.8 Å². The van der Waals surface area contributed by atoms with Crippen LogP contribution in [0.2, 0.25) is 0 Å². The molecule has 0 aromatic heterocycles. The Kier molecular flexibility index (Phi) is 17.3. The largest absolute Gasteiger partial charge is 0.103 e. The predicted octanol–water partition coefficient (Wildman–Crippen LogP) is 15.2. The van der Waals surface area contributed by atoms with Gasteiger partial charge < -0.3 is 0 Å². The quantitative estimate of drug-likeness (QED) is 0.0959. The molecule has 0 N–H and O–H groups in total. The lowest BCUT2D eigenvalue weighted by atomic mass is 9.77. The van der Waals surface area contributed by atoms with E-state index in [4.69, 9.17) is 0 Å². The van der Waals surface area contributed by atoms with Gasteiger partial charge in [-0.15, -0.1) is 6.58 Å². The molecule has 0 heteroatoms. The molecule has 0 spiro atoms. The first-order valence-electron chi connectivity index (χ1n) is 21.9. The Bertz CT molecular complexity index is 2420. The lowest BCUT2D eigenvalue weighted by molar-refractivity contribution is 0.640. The molecule has 0 aliphatic heterocycles. The van der Waals surface area contributed by atoms with Crippen molar-refractivity contribution in [1.82, 2.24) is 0 Å². The van der Waals surface area contributed by atoms with Crippen molar-refractivity contribution in [2.24, 2.45) is 0 Å². The maximum Gasteiger partial charge on any atom is 0.0146 e. The first-order valence-corrected chi connectivity index (χ1v) is 21.9. The van der Waals surface area contributed by atoms with Gasteiger partial charge in [0.2, 0.25) is 0 Å². The van der Waals surface area contributed by atoms with Crippen molar-refractivity contribution in [1.29, 1.82) is 0 Å². The Balaban J connectivity index is 0.000000221.